The Morgan fingerprint density at radius 2 is 1.80 bits per heavy atom. The Hall–Kier alpha value is -2.23. The van der Waals surface area contributed by atoms with Crippen LogP contribution in [0.3, 0.4) is 0 Å². The van der Waals surface area contributed by atoms with E-state index in [0.29, 0.717) is 36.6 Å². The fourth-order valence-electron chi connectivity index (χ4n) is 5.41. The molecule has 3 heterocycles. The molecule has 0 radical (unpaired) electrons. The first-order valence-corrected chi connectivity index (χ1v) is 14.5. The minimum absolute atomic E-state index is 0.156. The van der Waals surface area contributed by atoms with Crippen LogP contribution in [0, 0.1) is 0 Å². The highest BCUT2D eigenvalue weighted by atomic mass is 32.2. The highest BCUT2D eigenvalue weighted by Crippen LogP contribution is 2.25. The fraction of sp³-hybridized carbons (Fsp3) is 0.615. The van der Waals surface area contributed by atoms with Crippen molar-refractivity contribution in [2.24, 2.45) is 0 Å². The second-order valence-electron chi connectivity index (χ2n) is 9.78. The Bertz CT molecular complexity index is 1190. The van der Waals surface area contributed by atoms with E-state index in [1.807, 2.05) is 0 Å². The number of aromatic nitrogens is 1. The molecule has 9 heteroatoms. The van der Waals surface area contributed by atoms with Gasteiger partial charge < -0.3 is 15.2 Å². The van der Waals surface area contributed by atoms with Gasteiger partial charge in [0.15, 0.2) is 0 Å². The quantitative estimate of drug-likeness (QED) is 0.538. The number of amides is 1. The van der Waals surface area contributed by atoms with Crippen molar-refractivity contribution in [3.8, 4) is 0 Å². The number of fused-ring (bicyclic) bond motifs is 1. The minimum Gasteiger partial charge on any atom is -0.352 e. The number of carbonyl (C=O) groups excluding carboxylic acids is 1. The van der Waals surface area contributed by atoms with E-state index in [4.69, 9.17) is 0 Å². The van der Waals surface area contributed by atoms with Gasteiger partial charge in [0, 0.05) is 49.2 Å². The number of sulfonamides is 1. The lowest BCUT2D eigenvalue weighted by Crippen LogP contribution is -2.40. The van der Waals surface area contributed by atoms with Crippen LogP contribution in [-0.4, -0.2) is 67.3 Å². The van der Waals surface area contributed by atoms with Gasteiger partial charge in [-0.05, 0) is 63.3 Å². The van der Waals surface area contributed by atoms with Crippen LogP contribution in [0.4, 0.5) is 0 Å². The van der Waals surface area contributed by atoms with Crippen LogP contribution in [0.2, 0.25) is 0 Å². The van der Waals surface area contributed by atoms with E-state index in [0.717, 1.165) is 51.6 Å². The Morgan fingerprint density at radius 3 is 2.54 bits per heavy atom. The van der Waals surface area contributed by atoms with Crippen LogP contribution >= 0.6 is 0 Å². The van der Waals surface area contributed by atoms with Crippen molar-refractivity contribution in [2.75, 3.05) is 32.7 Å². The van der Waals surface area contributed by atoms with Gasteiger partial charge in [0.25, 0.3) is 5.91 Å². The topological polar surface area (TPSA) is 103 Å². The summed E-state index contributed by atoms with van der Waals surface area (Å²) in [5.41, 5.74) is 0.280. The van der Waals surface area contributed by atoms with E-state index < -0.39 is 10.0 Å². The van der Waals surface area contributed by atoms with Crippen LogP contribution in [0.25, 0.3) is 10.9 Å². The van der Waals surface area contributed by atoms with Crippen LogP contribution in [0.15, 0.2) is 34.0 Å². The van der Waals surface area contributed by atoms with Gasteiger partial charge >= 0.3 is 0 Å². The molecule has 0 saturated carbocycles. The van der Waals surface area contributed by atoms with Crippen LogP contribution in [0.5, 0.6) is 0 Å². The molecule has 0 bridgehead atoms. The summed E-state index contributed by atoms with van der Waals surface area (Å²) in [7, 11) is -3.67. The lowest BCUT2D eigenvalue weighted by molar-refractivity contribution is 0.0948. The first-order chi connectivity index (χ1) is 16.9. The molecule has 2 fully saturated rings. The SMILES string of the molecule is CC[C@H]1CCCCN1CCCNC(=O)c1cc(=O)[nH]c2ccc(S(=O)(=O)N3CCCCCC3)cc12. The summed E-state index contributed by atoms with van der Waals surface area (Å²) in [5.74, 6) is -0.351. The maximum absolute atomic E-state index is 13.3. The van der Waals surface area contributed by atoms with Gasteiger partial charge in [-0.1, -0.05) is 26.2 Å². The van der Waals surface area contributed by atoms with E-state index in [2.05, 4.69) is 22.1 Å². The molecule has 2 N–H and O–H groups in total. The van der Waals surface area contributed by atoms with Crippen molar-refractivity contribution in [3.63, 3.8) is 0 Å². The largest absolute Gasteiger partial charge is 0.352 e. The highest BCUT2D eigenvalue weighted by molar-refractivity contribution is 7.89. The molecule has 1 aromatic carbocycles. The van der Waals surface area contributed by atoms with Gasteiger partial charge in [-0.25, -0.2) is 8.42 Å². The number of aromatic amines is 1. The first-order valence-electron chi connectivity index (χ1n) is 13.1. The van der Waals surface area contributed by atoms with E-state index in [1.165, 1.54) is 41.8 Å². The lowest BCUT2D eigenvalue weighted by atomic mass is 10.00. The summed E-state index contributed by atoms with van der Waals surface area (Å²) in [6.07, 6.45) is 9.50. The number of nitrogens with zero attached hydrogens (tertiary/aromatic N) is 2. The molecule has 1 amide bonds. The highest BCUT2D eigenvalue weighted by Gasteiger charge is 2.26. The second-order valence-corrected chi connectivity index (χ2v) is 11.7. The predicted octanol–water partition coefficient (Wildman–Crippen LogP) is 3.48. The monoisotopic (exact) mass is 502 g/mol. The summed E-state index contributed by atoms with van der Waals surface area (Å²) in [5, 5.41) is 3.39. The van der Waals surface area contributed by atoms with Gasteiger partial charge in [-0.2, -0.15) is 4.31 Å². The average Bonchev–Trinajstić information content (AvgIpc) is 3.16. The van der Waals surface area contributed by atoms with Crippen molar-refractivity contribution in [2.45, 2.75) is 75.6 Å². The minimum atomic E-state index is -3.67. The molecule has 192 valence electrons. The molecule has 8 nitrogen and oxygen atoms in total. The Labute approximate surface area is 208 Å². The summed E-state index contributed by atoms with van der Waals surface area (Å²) in [4.78, 5) is 30.7. The molecule has 0 spiro atoms. The van der Waals surface area contributed by atoms with E-state index >= 15 is 0 Å². The first kappa shape index (κ1) is 25.9. The smallest absolute Gasteiger partial charge is 0.252 e. The van der Waals surface area contributed by atoms with Crippen LogP contribution in [0.1, 0.15) is 75.1 Å². The molecule has 0 aliphatic carbocycles. The third kappa shape index (κ3) is 6.13. The number of piperidine rings is 1. The lowest BCUT2D eigenvalue weighted by Gasteiger charge is -2.35. The molecule has 1 atom stereocenters. The molecule has 35 heavy (non-hydrogen) atoms. The zero-order chi connectivity index (χ0) is 24.8. The summed E-state index contributed by atoms with van der Waals surface area (Å²) >= 11 is 0. The number of pyridine rings is 1. The Balaban J connectivity index is 1.49. The van der Waals surface area contributed by atoms with Gasteiger partial charge in [0.2, 0.25) is 15.6 Å². The number of H-pyrrole nitrogens is 1. The van der Waals surface area contributed by atoms with Gasteiger partial charge in [-0.15, -0.1) is 0 Å². The van der Waals surface area contributed by atoms with Crippen LogP contribution < -0.4 is 10.9 Å². The number of hydrogen-bond donors (Lipinski definition) is 2. The molecule has 1 aromatic heterocycles. The second kappa shape index (κ2) is 11.7. The summed E-state index contributed by atoms with van der Waals surface area (Å²) < 4.78 is 28.1. The zero-order valence-corrected chi connectivity index (χ0v) is 21.5. The predicted molar refractivity (Wildman–Crippen MR) is 138 cm³/mol. The van der Waals surface area contributed by atoms with Gasteiger partial charge in [0.05, 0.1) is 10.5 Å². The van der Waals surface area contributed by atoms with Crippen LogP contribution in [-0.2, 0) is 10.0 Å². The molecule has 0 unspecified atom stereocenters. The van der Waals surface area contributed by atoms with Crippen molar-refractivity contribution >= 4 is 26.8 Å². The third-order valence-electron chi connectivity index (χ3n) is 7.39. The molecule has 2 aromatic rings. The fourth-order valence-corrected chi connectivity index (χ4v) is 6.95. The van der Waals surface area contributed by atoms with E-state index in [1.54, 1.807) is 6.07 Å². The number of rotatable bonds is 8. The van der Waals surface area contributed by atoms with Gasteiger partial charge in [0.1, 0.15) is 0 Å². The van der Waals surface area contributed by atoms with Crippen molar-refractivity contribution in [1.82, 2.24) is 19.5 Å². The third-order valence-corrected chi connectivity index (χ3v) is 9.28. The maximum atomic E-state index is 13.3. The number of benzene rings is 1. The van der Waals surface area contributed by atoms with E-state index in [9.17, 15) is 18.0 Å². The number of likely N-dealkylation sites (tertiary alicyclic amines) is 1. The summed E-state index contributed by atoms with van der Waals surface area (Å²) in [6, 6.07) is 6.51. The van der Waals surface area contributed by atoms with Crippen molar-refractivity contribution in [3.05, 3.63) is 40.2 Å². The molecule has 2 aliphatic rings. The maximum Gasteiger partial charge on any atom is 0.252 e. The van der Waals surface area contributed by atoms with Gasteiger partial charge in [-0.3, -0.25) is 9.59 Å². The van der Waals surface area contributed by atoms with E-state index in [-0.39, 0.29) is 21.9 Å². The normalized spacial score (nSPS) is 20.5. The zero-order valence-electron chi connectivity index (χ0n) is 20.7. The molecule has 2 aliphatic heterocycles. The molecule has 2 saturated heterocycles. The average molecular weight is 503 g/mol. The Morgan fingerprint density at radius 1 is 1.06 bits per heavy atom. The van der Waals surface area contributed by atoms with Crippen molar-refractivity contribution in [1.29, 1.82) is 0 Å². The van der Waals surface area contributed by atoms with Crippen molar-refractivity contribution < 1.29 is 13.2 Å². The molecule has 4 rings (SSSR count). The number of carbonyl (C=O) groups is 1. The standard InChI is InChI=1S/C26H38N4O4S/c1-2-20-10-5-8-14-29(20)15-9-13-27-26(32)23-19-25(31)28-24-12-11-21(18-22(23)24)35(33,34)30-16-6-3-4-7-17-30/h11-12,18-20H,2-10,13-17H2,1H3,(H,27,32)(H,28,31)/t20-/m0/s1. The number of nitrogens with one attached hydrogen (secondary N) is 2. The molecular formula is C26H38N4O4S. The summed E-state index contributed by atoms with van der Waals surface area (Å²) in [6.45, 7) is 5.80. The number of hydrogen-bond acceptors (Lipinski definition) is 5. The molecular weight excluding hydrogens is 464 g/mol. The Kier molecular flexibility index (Phi) is 8.62.